The molecule has 6 heteroatoms. The molecule has 0 saturated heterocycles. The number of rotatable bonds is 7. The van der Waals surface area contributed by atoms with Crippen molar-refractivity contribution >= 4 is 40.1 Å². The van der Waals surface area contributed by atoms with Crippen molar-refractivity contribution in [3.05, 3.63) is 63.9 Å². The fourth-order valence-electron chi connectivity index (χ4n) is 3.25. The fraction of sp³-hybridized carbons (Fsp3) is 0.333. The number of aromatic nitrogens is 2. The molecule has 1 amide bonds. The molecule has 0 spiro atoms. The van der Waals surface area contributed by atoms with Crippen LogP contribution in [0.5, 0.6) is 0 Å². The lowest BCUT2D eigenvalue weighted by atomic mass is 10.1. The third kappa shape index (κ3) is 4.28. The van der Waals surface area contributed by atoms with Gasteiger partial charge in [0.15, 0.2) is 0 Å². The molecule has 27 heavy (non-hydrogen) atoms. The standard InChI is InChI=1S/C21H23Cl2N3O/c1-3-11-24-21(27)18(4-2)26-19-8-6-5-7-17(19)25-20(26)13-14-9-10-15(22)16(23)12-14/h5-10,12,18H,3-4,11,13H2,1-2H3,(H,24,27). The molecule has 0 saturated carbocycles. The molecule has 1 unspecified atom stereocenters. The maximum absolute atomic E-state index is 12.8. The van der Waals surface area contributed by atoms with Gasteiger partial charge in [0.25, 0.3) is 0 Å². The van der Waals surface area contributed by atoms with Crippen LogP contribution in [0.2, 0.25) is 10.0 Å². The summed E-state index contributed by atoms with van der Waals surface area (Å²) in [4.78, 5) is 17.6. The van der Waals surface area contributed by atoms with Gasteiger partial charge in [-0.3, -0.25) is 4.79 Å². The maximum Gasteiger partial charge on any atom is 0.243 e. The van der Waals surface area contributed by atoms with E-state index < -0.39 is 0 Å². The van der Waals surface area contributed by atoms with Gasteiger partial charge in [0.05, 0.1) is 21.1 Å². The molecule has 2 aromatic carbocycles. The van der Waals surface area contributed by atoms with Crippen molar-refractivity contribution in [2.24, 2.45) is 0 Å². The second-order valence-corrected chi connectivity index (χ2v) is 7.34. The van der Waals surface area contributed by atoms with E-state index in [2.05, 4.69) is 9.88 Å². The number of imidazole rings is 1. The average molecular weight is 404 g/mol. The summed E-state index contributed by atoms with van der Waals surface area (Å²) in [6, 6.07) is 13.2. The summed E-state index contributed by atoms with van der Waals surface area (Å²) in [6.45, 7) is 4.74. The number of benzene rings is 2. The zero-order chi connectivity index (χ0) is 19.4. The number of carbonyl (C=O) groups excluding carboxylic acids is 1. The smallest absolute Gasteiger partial charge is 0.243 e. The van der Waals surface area contributed by atoms with Crippen LogP contribution in [0.3, 0.4) is 0 Å². The Kier molecular flexibility index (Phi) is 6.40. The van der Waals surface area contributed by atoms with E-state index in [0.29, 0.717) is 29.4 Å². The number of nitrogens with zero attached hydrogens (tertiary/aromatic N) is 2. The number of hydrogen-bond acceptors (Lipinski definition) is 2. The van der Waals surface area contributed by atoms with Crippen molar-refractivity contribution in [1.82, 2.24) is 14.9 Å². The van der Waals surface area contributed by atoms with E-state index in [1.54, 1.807) is 6.07 Å². The molecule has 0 fully saturated rings. The highest BCUT2D eigenvalue weighted by Gasteiger charge is 2.24. The molecule has 1 N–H and O–H groups in total. The predicted molar refractivity (Wildman–Crippen MR) is 112 cm³/mol. The lowest BCUT2D eigenvalue weighted by Crippen LogP contribution is -2.33. The molecule has 1 atom stereocenters. The Labute approximate surface area is 169 Å². The second kappa shape index (κ2) is 8.77. The van der Waals surface area contributed by atoms with Crippen molar-refractivity contribution in [3.63, 3.8) is 0 Å². The molecule has 0 aliphatic carbocycles. The van der Waals surface area contributed by atoms with Crippen LogP contribution in [0, 0.1) is 0 Å². The molecule has 0 aliphatic rings. The molecular formula is C21H23Cl2N3O. The minimum Gasteiger partial charge on any atom is -0.354 e. The Morgan fingerprint density at radius 1 is 1.15 bits per heavy atom. The van der Waals surface area contributed by atoms with Gasteiger partial charge in [-0.1, -0.05) is 55.2 Å². The summed E-state index contributed by atoms with van der Waals surface area (Å²) in [6.07, 6.45) is 2.16. The van der Waals surface area contributed by atoms with E-state index in [9.17, 15) is 4.79 Å². The summed E-state index contributed by atoms with van der Waals surface area (Å²) in [5.74, 6) is 0.867. The Bertz CT molecular complexity index is 952. The third-order valence-electron chi connectivity index (χ3n) is 4.57. The number of amides is 1. The molecule has 3 aromatic rings. The maximum atomic E-state index is 12.8. The molecule has 142 valence electrons. The third-order valence-corrected chi connectivity index (χ3v) is 5.30. The zero-order valence-electron chi connectivity index (χ0n) is 15.5. The van der Waals surface area contributed by atoms with Gasteiger partial charge in [0, 0.05) is 13.0 Å². The lowest BCUT2D eigenvalue weighted by molar-refractivity contribution is -0.124. The van der Waals surface area contributed by atoms with Gasteiger partial charge in [-0.25, -0.2) is 4.98 Å². The molecule has 3 rings (SSSR count). The fourth-order valence-corrected chi connectivity index (χ4v) is 3.57. The van der Waals surface area contributed by atoms with Gasteiger partial charge in [0.1, 0.15) is 11.9 Å². The molecule has 4 nitrogen and oxygen atoms in total. The molecule has 0 radical (unpaired) electrons. The Balaban J connectivity index is 2.05. The predicted octanol–water partition coefficient (Wildman–Crippen LogP) is 5.41. The first kappa shape index (κ1) is 19.7. The molecule has 1 heterocycles. The van der Waals surface area contributed by atoms with Crippen molar-refractivity contribution in [2.45, 2.75) is 39.2 Å². The van der Waals surface area contributed by atoms with E-state index in [0.717, 1.165) is 28.8 Å². The summed E-state index contributed by atoms with van der Waals surface area (Å²) < 4.78 is 2.06. The SMILES string of the molecule is CCCNC(=O)C(CC)n1c(Cc2ccc(Cl)c(Cl)c2)nc2ccccc21. The Morgan fingerprint density at radius 2 is 1.93 bits per heavy atom. The highest BCUT2D eigenvalue weighted by molar-refractivity contribution is 6.42. The van der Waals surface area contributed by atoms with Crippen LogP contribution in [-0.4, -0.2) is 22.0 Å². The van der Waals surface area contributed by atoms with Gasteiger partial charge in [0.2, 0.25) is 5.91 Å². The van der Waals surface area contributed by atoms with Crippen LogP contribution in [0.1, 0.15) is 44.1 Å². The number of halogens is 2. The van der Waals surface area contributed by atoms with E-state index >= 15 is 0 Å². The van der Waals surface area contributed by atoms with Crippen LogP contribution in [0.4, 0.5) is 0 Å². The van der Waals surface area contributed by atoms with Gasteiger partial charge in [-0.05, 0) is 42.7 Å². The number of carbonyl (C=O) groups is 1. The zero-order valence-corrected chi connectivity index (χ0v) is 17.0. The van der Waals surface area contributed by atoms with Crippen LogP contribution in [0.15, 0.2) is 42.5 Å². The first-order valence-electron chi connectivity index (χ1n) is 9.22. The minimum atomic E-state index is -0.304. The monoisotopic (exact) mass is 403 g/mol. The van der Waals surface area contributed by atoms with Gasteiger partial charge in [-0.15, -0.1) is 0 Å². The van der Waals surface area contributed by atoms with Crippen molar-refractivity contribution in [2.75, 3.05) is 6.54 Å². The summed E-state index contributed by atoms with van der Waals surface area (Å²) >= 11 is 12.2. The number of nitrogens with one attached hydrogen (secondary N) is 1. The van der Waals surface area contributed by atoms with Crippen molar-refractivity contribution in [1.29, 1.82) is 0 Å². The summed E-state index contributed by atoms with van der Waals surface area (Å²) in [7, 11) is 0. The van der Waals surface area contributed by atoms with Crippen LogP contribution < -0.4 is 5.32 Å². The summed E-state index contributed by atoms with van der Waals surface area (Å²) in [5, 5.41) is 4.06. The first-order chi connectivity index (χ1) is 13.0. The van der Waals surface area contributed by atoms with Gasteiger partial charge >= 0.3 is 0 Å². The largest absolute Gasteiger partial charge is 0.354 e. The van der Waals surface area contributed by atoms with E-state index in [1.807, 2.05) is 50.2 Å². The van der Waals surface area contributed by atoms with Crippen LogP contribution in [0.25, 0.3) is 11.0 Å². The normalized spacial score (nSPS) is 12.3. The van der Waals surface area contributed by atoms with E-state index in [1.165, 1.54) is 0 Å². The summed E-state index contributed by atoms with van der Waals surface area (Å²) in [5.41, 5.74) is 2.85. The number of hydrogen-bond donors (Lipinski definition) is 1. The number of fused-ring (bicyclic) bond motifs is 1. The first-order valence-corrected chi connectivity index (χ1v) is 9.98. The molecule has 1 aromatic heterocycles. The molecule has 0 bridgehead atoms. The van der Waals surface area contributed by atoms with E-state index in [-0.39, 0.29) is 11.9 Å². The topological polar surface area (TPSA) is 46.9 Å². The lowest BCUT2D eigenvalue weighted by Gasteiger charge is -2.20. The minimum absolute atomic E-state index is 0.0258. The van der Waals surface area contributed by atoms with Crippen LogP contribution >= 0.6 is 23.2 Å². The van der Waals surface area contributed by atoms with Crippen molar-refractivity contribution < 1.29 is 4.79 Å². The van der Waals surface area contributed by atoms with Crippen LogP contribution in [-0.2, 0) is 11.2 Å². The molecule has 0 aliphatic heterocycles. The average Bonchev–Trinajstić information content (AvgIpc) is 3.02. The van der Waals surface area contributed by atoms with E-state index in [4.69, 9.17) is 28.2 Å². The Hall–Kier alpha value is -2.04. The quantitative estimate of drug-likeness (QED) is 0.572. The molecular weight excluding hydrogens is 381 g/mol. The Morgan fingerprint density at radius 3 is 2.63 bits per heavy atom. The number of para-hydroxylation sites is 2. The highest BCUT2D eigenvalue weighted by atomic mass is 35.5. The second-order valence-electron chi connectivity index (χ2n) is 6.53. The van der Waals surface area contributed by atoms with Gasteiger partial charge < -0.3 is 9.88 Å². The van der Waals surface area contributed by atoms with Gasteiger partial charge in [-0.2, -0.15) is 0 Å². The van der Waals surface area contributed by atoms with Crippen molar-refractivity contribution in [3.8, 4) is 0 Å². The highest BCUT2D eigenvalue weighted by Crippen LogP contribution is 2.27.